The highest BCUT2D eigenvalue weighted by atomic mass is 14.9. The van der Waals surface area contributed by atoms with E-state index >= 15 is 0 Å². The van der Waals surface area contributed by atoms with Crippen molar-refractivity contribution < 1.29 is 0 Å². The molecule has 2 atom stereocenters. The fourth-order valence-electron chi connectivity index (χ4n) is 4.09. The highest BCUT2D eigenvalue weighted by Gasteiger charge is 2.33. The van der Waals surface area contributed by atoms with Gasteiger partial charge < -0.3 is 5.32 Å². The van der Waals surface area contributed by atoms with Crippen molar-refractivity contribution in [3.63, 3.8) is 0 Å². The molecule has 18 heavy (non-hydrogen) atoms. The van der Waals surface area contributed by atoms with Gasteiger partial charge >= 0.3 is 0 Å². The van der Waals surface area contributed by atoms with Gasteiger partial charge in [0.2, 0.25) is 0 Å². The molecule has 2 aliphatic rings. The zero-order valence-corrected chi connectivity index (χ0v) is 11.3. The van der Waals surface area contributed by atoms with Crippen molar-refractivity contribution in [3.8, 4) is 0 Å². The summed E-state index contributed by atoms with van der Waals surface area (Å²) in [6, 6.07) is 11.1. The molecule has 2 fully saturated rings. The van der Waals surface area contributed by atoms with Crippen molar-refractivity contribution in [3.05, 3.63) is 35.9 Å². The predicted molar refractivity (Wildman–Crippen MR) is 76.6 cm³/mol. The second-order valence-corrected chi connectivity index (χ2v) is 6.15. The Kier molecular flexibility index (Phi) is 3.99. The first-order valence-corrected chi connectivity index (χ1v) is 7.68. The minimum atomic E-state index is 0.865. The van der Waals surface area contributed by atoms with Crippen LogP contribution in [-0.4, -0.2) is 13.1 Å². The van der Waals surface area contributed by atoms with Crippen molar-refractivity contribution in [1.29, 1.82) is 0 Å². The monoisotopic (exact) mass is 243 g/mol. The van der Waals surface area contributed by atoms with Crippen LogP contribution in [0.3, 0.4) is 0 Å². The van der Waals surface area contributed by atoms with Crippen LogP contribution >= 0.6 is 0 Å². The van der Waals surface area contributed by atoms with E-state index in [1.165, 1.54) is 57.2 Å². The van der Waals surface area contributed by atoms with E-state index < -0.39 is 0 Å². The molecular formula is C17H25N. The van der Waals surface area contributed by atoms with Crippen LogP contribution in [0.15, 0.2) is 30.3 Å². The first kappa shape index (κ1) is 12.2. The molecule has 0 amide bonds. The summed E-state index contributed by atoms with van der Waals surface area (Å²) in [6.07, 6.45) is 8.63. The second-order valence-electron chi connectivity index (χ2n) is 6.15. The van der Waals surface area contributed by atoms with E-state index in [9.17, 15) is 0 Å². The highest BCUT2D eigenvalue weighted by Crippen LogP contribution is 2.39. The average Bonchev–Trinajstić information content (AvgIpc) is 2.94. The molecule has 1 aliphatic carbocycles. The summed E-state index contributed by atoms with van der Waals surface area (Å²) >= 11 is 0. The number of nitrogens with one attached hydrogen (secondary N) is 1. The van der Waals surface area contributed by atoms with E-state index in [4.69, 9.17) is 0 Å². The fourth-order valence-corrected chi connectivity index (χ4v) is 4.09. The zero-order valence-electron chi connectivity index (χ0n) is 11.3. The van der Waals surface area contributed by atoms with Gasteiger partial charge in [0.15, 0.2) is 0 Å². The van der Waals surface area contributed by atoms with Gasteiger partial charge in [0.25, 0.3) is 0 Å². The Hall–Kier alpha value is -0.820. The first-order chi connectivity index (χ1) is 8.93. The molecule has 0 radical (unpaired) electrons. The third-order valence-corrected chi connectivity index (χ3v) is 5.01. The number of piperidine rings is 1. The van der Waals surface area contributed by atoms with Gasteiger partial charge in [-0.15, -0.1) is 0 Å². The minimum absolute atomic E-state index is 0.865. The quantitative estimate of drug-likeness (QED) is 0.854. The van der Waals surface area contributed by atoms with Crippen LogP contribution in [-0.2, 0) is 6.42 Å². The van der Waals surface area contributed by atoms with E-state index in [0.717, 1.165) is 17.8 Å². The lowest BCUT2D eigenvalue weighted by molar-refractivity contribution is 0.175. The van der Waals surface area contributed by atoms with Gasteiger partial charge in [-0.25, -0.2) is 0 Å². The molecule has 1 aromatic carbocycles. The van der Waals surface area contributed by atoms with Crippen LogP contribution < -0.4 is 5.32 Å². The van der Waals surface area contributed by atoms with Crippen molar-refractivity contribution in [2.75, 3.05) is 13.1 Å². The van der Waals surface area contributed by atoms with Gasteiger partial charge in [0.1, 0.15) is 0 Å². The Balaban J connectivity index is 1.67. The largest absolute Gasteiger partial charge is 0.316 e. The van der Waals surface area contributed by atoms with Crippen LogP contribution in [0.1, 0.15) is 37.7 Å². The maximum absolute atomic E-state index is 3.61. The molecule has 1 saturated carbocycles. The molecule has 3 rings (SSSR count). The third-order valence-electron chi connectivity index (χ3n) is 5.01. The summed E-state index contributed by atoms with van der Waals surface area (Å²) in [4.78, 5) is 0. The molecule has 2 unspecified atom stereocenters. The molecule has 1 saturated heterocycles. The Labute approximate surface area is 111 Å². The Morgan fingerprint density at radius 2 is 1.78 bits per heavy atom. The summed E-state index contributed by atoms with van der Waals surface area (Å²) in [5.41, 5.74) is 1.52. The van der Waals surface area contributed by atoms with Crippen LogP contribution in [0, 0.1) is 17.8 Å². The molecule has 1 nitrogen and oxygen atoms in total. The van der Waals surface area contributed by atoms with E-state index in [0.29, 0.717) is 0 Å². The van der Waals surface area contributed by atoms with Crippen molar-refractivity contribution in [2.45, 2.75) is 38.5 Å². The molecule has 98 valence electrons. The van der Waals surface area contributed by atoms with Gasteiger partial charge in [0, 0.05) is 0 Å². The van der Waals surface area contributed by atoms with E-state index in [1.807, 2.05) is 0 Å². The topological polar surface area (TPSA) is 12.0 Å². The van der Waals surface area contributed by atoms with Crippen molar-refractivity contribution >= 4 is 0 Å². The maximum atomic E-state index is 3.61. The van der Waals surface area contributed by atoms with Gasteiger partial charge in [0.05, 0.1) is 0 Å². The Morgan fingerprint density at radius 1 is 1.00 bits per heavy atom. The second kappa shape index (κ2) is 5.88. The van der Waals surface area contributed by atoms with Gasteiger partial charge in [-0.05, 0) is 49.2 Å². The molecule has 1 heterocycles. The van der Waals surface area contributed by atoms with Crippen LogP contribution in [0.2, 0.25) is 0 Å². The lowest BCUT2D eigenvalue weighted by Gasteiger charge is -2.36. The molecule has 0 aromatic heterocycles. The fraction of sp³-hybridized carbons (Fsp3) is 0.647. The molecule has 1 N–H and O–H groups in total. The molecule has 1 heteroatoms. The lowest BCUT2D eigenvalue weighted by Crippen LogP contribution is -2.40. The number of hydrogen-bond donors (Lipinski definition) is 1. The van der Waals surface area contributed by atoms with Crippen LogP contribution in [0.5, 0.6) is 0 Å². The van der Waals surface area contributed by atoms with Gasteiger partial charge in [-0.3, -0.25) is 0 Å². The number of hydrogen-bond acceptors (Lipinski definition) is 1. The van der Waals surface area contributed by atoms with Crippen LogP contribution in [0.4, 0.5) is 0 Å². The Bertz CT molecular complexity index is 353. The zero-order chi connectivity index (χ0) is 12.2. The van der Waals surface area contributed by atoms with E-state index in [1.54, 1.807) is 0 Å². The summed E-state index contributed by atoms with van der Waals surface area (Å²) in [5.74, 6) is 2.87. The summed E-state index contributed by atoms with van der Waals surface area (Å²) in [6.45, 7) is 2.47. The highest BCUT2D eigenvalue weighted by molar-refractivity contribution is 5.15. The van der Waals surface area contributed by atoms with Gasteiger partial charge in [-0.2, -0.15) is 0 Å². The average molecular weight is 243 g/mol. The standard InChI is InChI=1S/C17H25N/c1-2-6-14(7-3-1)12-16-13-18-11-10-17(16)15-8-4-5-9-15/h1-3,6-7,15-18H,4-5,8-13H2. The first-order valence-electron chi connectivity index (χ1n) is 7.68. The summed E-state index contributed by atoms with van der Waals surface area (Å²) in [5, 5.41) is 3.61. The minimum Gasteiger partial charge on any atom is -0.316 e. The molecule has 0 spiro atoms. The molecule has 0 bridgehead atoms. The molecule has 1 aromatic rings. The summed E-state index contributed by atoms with van der Waals surface area (Å²) in [7, 11) is 0. The normalized spacial score (nSPS) is 29.6. The molecule has 1 aliphatic heterocycles. The molecular weight excluding hydrogens is 218 g/mol. The van der Waals surface area contributed by atoms with Gasteiger partial charge in [-0.1, -0.05) is 56.0 Å². The Morgan fingerprint density at radius 3 is 2.56 bits per heavy atom. The maximum Gasteiger partial charge on any atom is -0.00146 e. The van der Waals surface area contributed by atoms with Crippen molar-refractivity contribution in [1.82, 2.24) is 5.32 Å². The smallest absolute Gasteiger partial charge is 0.00146 e. The van der Waals surface area contributed by atoms with E-state index in [2.05, 4.69) is 35.6 Å². The lowest BCUT2D eigenvalue weighted by atomic mass is 9.74. The van der Waals surface area contributed by atoms with Crippen LogP contribution in [0.25, 0.3) is 0 Å². The predicted octanol–water partition coefficient (Wildman–Crippen LogP) is 3.65. The van der Waals surface area contributed by atoms with E-state index in [-0.39, 0.29) is 0 Å². The van der Waals surface area contributed by atoms with Crippen molar-refractivity contribution in [2.24, 2.45) is 17.8 Å². The third kappa shape index (κ3) is 2.77. The summed E-state index contributed by atoms with van der Waals surface area (Å²) < 4.78 is 0. The number of benzene rings is 1. The SMILES string of the molecule is c1ccc(CC2CNCCC2C2CCCC2)cc1. The number of rotatable bonds is 3.